The van der Waals surface area contributed by atoms with Crippen LogP contribution in [0.15, 0.2) is 17.6 Å². The highest BCUT2D eigenvalue weighted by atomic mass is 32.2. The Hall–Kier alpha value is -1.41. The van der Waals surface area contributed by atoms with E-state index in [-0.39, 0.29) is 16.3 Å². The van der Waals surface area contributed by atoms with E-state index in [4.69, 9.17) is 0 Å². The van der Waals surface area contributed by atoms with Crippen molar-refractivity contribution < 1.29 is 13.2 Å². The number of hydrogen-bond donors (Lipinski definition) is 1. The Morgan fingerprint density at radius 3 is 2.59 bits per heavy atom. The lowest BCUT2D eigenvalue weighted by atomic mass is 9.73. The second kappa shape index (κ2) is 5.66. The molecule has 2 saturated heterocycles. The van der Waals surface area contributed by atoms with Crippen LogP contribution in [0.25, 0.3) is 0 Å². The smallest absolute Gasteiger partial charge is 0.262 e. The lowest BCUT2D eigenvalue weighted by molar-refractivity contribution is -0.120. The highest BCUT2D eigenvalue weighted by Crippen LogP contribution is 2.41. The summed E-state index contributed by atoms with van der Waals surface area (Å²) in [6.45, 7) is 1.71. The maximum Gasteiger partial charge on any atom is 0.262 e. The molecule has 0 radical (unpaired) electrons. The minimum absolute atomic E-state index is 0.106. The first-order valence-corrected chi connectivity index (χ1v) is 9.10. The van der Waals surface area contributed by atoms with Crippen molar-refractivity contribution in [3.8, 4) is 0 Å². The number of rotatable bonds is 2. The Kier molecular flexibility index (Phi) is 3.98. The van der Waals surface area contributed by atoms with Gasteiger partial charge in [-0.3, -0.25) is 4.79 Å². The molecule has 1 amide bonds. The Balaban J connectivity index is 1.70. The van der Waals surface area contributed by atoms with Gasteiger partial charge in [-0.2, -0.15) is 4.31 Å². The van der Waals surface area contributed by atoms with Crippen LogP contribution >= 0.6 is 0 Å². The molecule has 2 aliphatic heterocycles. The molecule has 1 aromatic rings. The summed E-state index contributed by atoms with van der Waals surface area (Å²) in [6.07, 6.45) is 7.01. The topological polar surface area (TPSA) is 84.3 Å². The molecule has 22 heavy (non-hydrogen) atoms. The van der Waals surface area contributed by atoms with Gasteiger partial charge in [0.25, 0.3) is 10.0 Å². The summed E-state index contributed by atoms with van der Waals surface area (Å²) in [5.74, 6) is 0.111. The molecule has 1 N–H and O–H groups in total. The van der Waals surface area contributed by atoms with Gasteiger partial charge in [0.2, 0.25) is 5.91 Å². The zero-order valence-corrected chi connectivity index (χ0v) is 13.6. The van der Waals surface area contributed by atoms with Gasteiger partial charge in [0.05, 0.1) is 6.33 Å². The molecule has 0 aliphatic carbocycles. The van der Waals surface area contributed by atoms with Crippen molar-refractivity contribution in [2.75, 3.05) is 19.6 Å². The van der Waals surface area contributed by atoms with Crippen molar-refractivity contribution in [1.29, 1.82) is 0 Å². The van der Waals surface area contributed by atoms with Crippen molar-refractivity contribution in [3.05, 3.63) is 12.5 Å². The van der Waals surface area contributed by atoms with Crippen LogP contribution in [0, 0.1) is 5.41 Å². The van der Waals surface area contributed by atoms with E-state index in [1.165, 1.54) is 16.8 Å². The van der Waals surface area contributed by atoms with Crippen LogP contribution in [-0.2, 0) is 21.9 Å². The third-order valence-electron chi connectivity index (χ3n) is 4.93. The van der Waals surface area contributed by atoms with Crippen molar-refractivity contribution in [1.82, 2.24) is 19.2 Å². The summed E-state index contributed by atoms with van der Waals surface area (Å²) in [7, 11) is -1.74. The standard InChI is InChI=1S/C14H22N4O3S/c1-17-10-13(16-11-17)22(20,21)18-8-5-14(6-9-18)3-2-12(19)15-7-4-14/h10-11H,2-9H2,1H3,(H,15,19). The maximum absolute atomic E-state index is 12.6. The van der Waals surface area contributed by atoms with Crippen LogP contribution < -0.4 is 5.32 Å². The molecule has 0 bridgehead atoms. The van der Waals surface area contributed by atoms with E-state index in [2.05, 4.69) is 10.3 Å². The van der Waals surface area contributed by atoms with Gasteiger partial charge in [-0.05, 0) is 31.1 Å². The van der Waals surface area contributed by atoms with Crippen LogP contribution in [0.5, 0.6) is 0 Å². The van der Waals surface area contributed by atoms with Crippen molar-refractivity contribution in [2.24, 2.45) is 12.5 Å². The fraction of sp³-hybridized carbons (Fsp3) is 0.714. The fourth-order valence-electron chi connectivity index (χ4n) is 3.41. The van der Waals surface area contributed by atoms with E-state index in [1.54, 1.807) is 11.6 Å². The number of hydrogen-bond acceptors (Lipinski definition) is 4. The van der Waals surface area contributed by atoms with Gasteiger partial charge >= 0.3 is 0 Å². The number of aromatic nitrogens is 2. The summed E-state index contributed by atoms with van der Waals surface area (Å²) in [5.41, 5.74) is 0.106. The minimum atomic E-state index is -3.50. The monoisotopic (exact) mass is 326 g/mol. The normalized spacial score (nSPS) is 23.2. The SMILES string of the molecule is Cn1cnc(S(=O)(=O)N2CCC3(CCNC(=O)CC3)CC2)c1. The Bertz CT molecular complexity index is 659. The average Bonchev–Trinajstić information content (AvgIpc) is 2.85. The molecule has 2 fully saturated rings. The molecule has 7 nitrogen and oxygen atoms in total. The third-order valence-corrected chi connectivity index (χ3v) is 6.71. The molecule has 0 atom stereocenters. The van der Waals surface area contributed by atoms with E-state index in [0.717, 1.165) is 25.7 Å². The molecule has 0 saturated carbocycles. The first-order valence-electron chi connectivity index (χ1n) is 7.66. The molecular formula is C14H22N4O3S. The van der Waals surface area contributed by atoms with Gasteiger partial charge in [-0.1, -0.05) is 0 Å². The van der Waals surface area contributed by atoms with E-state index < -0.39 is 10.0 Å². The number of nitrogens with zero attached hydrogens (tertiary/aromatic N) is 3. The molecule has 0 aromatic carbocycles. The van der Waals surface area contributed by atoms with Gasteiger partial charge in [0.15, 0.2) is 5.03 Å². The predicted octanol–water partition coefficient (Wildman–Crippen LogP) is 0.491. The zero-order chi connectivity index (χ0) is 15.8. The third kappa shape index (κ3) is 2.89. The summed E-state index contributed by atoms with van der Waals surface area (Å²) in [5, 5.41) is 3.02. The molecule has 1 spiro atoms. The second-order valence-corrected chi connectivity index (χ2v) is 8.27. The van der Waals surface area contributed by atoms with Gasteiger partial charge in [0.1, 0.15) is 0 Å². The first kappa shape index (κ1) is 15.5. The Labute approximate surface area is 130 Å². The highest BCUT2D eigenvalue weighted by molar-refractivity contribution is 7.89. The summed E-state index contributed by atoms with van der Waals surface area (Å²) < 4.78 is 28.3. The van der Waals surface area contributed by atoms with Crippen LogP contribution in [-0.4, -0.2) is 47.8 Å². The fourth-order valence-corrected chi connectivity index (χ4v) is 4.82. The van der Waals surface area contributed by atoms with Crippen molar-refractivity contribution >= 4 is 15.9 Å². The summed E-state index contributed by atoms with van der Waals surface area (Å²) in [4.78, 5) is 15.5. The maximum atomic E-state index is 12.6. The van der Waals surface area contributed by atoms with Gasteiger partial charge < -0.3 is 9.88 Å². The molecule has 3 heterocycles. The predicted molar refractivity (Wildman–Crippen MR) is 80.5 cm³/mol. The van der Waals surface area contributed by atoms with Crippen LogP contribution in [0.4, 0.5) is 0 Å². The number of nitrogens with one attached hydrogen (secondary N) is 1. The Morgan fingerprint density at radius 1 is 1.23 bits per heavy atom. The average molecular weight is 326 g/mol. The highest BCUT2D eigenvalue weighted by Gasteiger charge is 2.39. The minimum Gasteiger partial charge on any atom is -0.356 e. The number of carbonyl (C=O) groups excluding carboxylic acids is 1. The van der Waals surface area contributed by atoms with Crippen LogP contribution in [0.2, 0.25) is 0 Å². The molecule has 8 heteroatoms. The first-order chi connectivity index (χ1) is 10.4. The molecule has 1 aromatic heterocycles. The van der Waals surface area contributed by atoms with Crippen LogP contribution in [0.1, 0.15) is 32.1 Å². The van der Waals surface area contributed by atoms with Crippen molar-refractivity contribution in [2.45, 2.75) is 37.1 Å². The van der Waals surface area contributed by atoms with E-state index in [0.29, 0.717) is 26.1 Å². The summed E-state index contributed by atoms with van der Waals surface area (Å²) >= 11 is 0. The second-order valence-electron chi connectivity index (χ2n) is 6.38. The van der Waals surface area contributed by atoms with Crippen molar-refractivity contribution in [3.63, 3.8) is 0 Å². The van der Waals surface area contributed by atoms with Crippen LogP contribution in [0.3, 0.4) is 0 Å². The van der Waals surface area contributed by atoms with E-state index in [9.17, 15) is 13.2 Å². The molecule has 3 rings (SSSR count). The number of carbonyl (C=O) groups is 1. The van der Waals surface area contributed by atoms with E-state index >= 15 is 0 Å². The lowest BCUT2D eigenvalue weighted by Crippen LogP contribution is -2.43. The number of amides is 1. The number of aryl methyl sites for hydroxylation is 1. The lowest BCUT2D eigenvalue weighted by Gasteiger charge is -2.40. The zero-order valence-electron chi connectivity index (χ0n) is 12.8. The summed E-state index contributed by atoms with van der Waals surface area (Å²) in [6, 6.07) is 0. The molecule has 122 valence electrons. The number of imidazole rings is 1. The van der Waals surface area contributed by atoms with Gasteiger partial charge in [-0.15, -0.1) is 0 Å². The number of sulfonamides is 1. The molecule has 0 unspecified atom stereocenters. The quantitative estimate of drug-likeness (QED) is 0.857. The number of piperidine rings is 1. The Morgan fingerprint density at radius 2 is 1.95 bits per heavy atom. The largest absolute Gasteiger partial charge is 0.356 e. The molecule has 2 aliphatic rings. The van der Waals surface area contributed by atoms with Gasteiger partial charge in [0, 0.05) is 39.3 Å². The van der Waals surface area contributed by atoms with Gasteiger partial charge in [-0.25, -0.2) is 13.4 Å². The molecular weight excluding hydrogens is 304 g/mol. The van der Waals surface area contributed by atoms with E-state index in [1.807, 2.05) is 0 Å².